The molecule has 4 heterocycles. The zero-order valence-electron chi connectivity index (χ0n) is 13.9. The monoisotopic (exact) mass is 326 g/mol. The second kappa shape index (κ2) is 5.81. The van der Waals surface area contributed by atoms with E-state index in [1.807, 2.05) is 36.7 Å². The van der Waals surface area contributed by atoms with Crippen LogP contribution in [0.2, 0.25) is 0 Å². The molecule has 0 saturated heterocycles. The molecule has 1 aliphatic rings. The molecule has 25 heavy (non-hydrogen) atoms. The van der Waals surface area contributed by atoms with Crippen LogP contribution in [0.25, 0.3) is 33.4 Å². The number of benzene rings is 1. The standard InChI is InChI=1S/C21H18N4/c1-2-8-17-15(7-1)16(11-13-23-17)20-19-10-4-6-14-25(19)24-21(20)18-9-3-5-12-22-18/h1-3,5,7-9,11-13H,4,6,10,14H2. The normalized spacial score (nSPS) is 13.8. The van der Waals surface area contributed by atoms with Crippen LogP contribution in [0.4, 0.5) is 0 Å². The van der Waals surface area contributed by atoms with Crippen molar-refractivity contribution >= 4 is 10.9 Å². The van der Waals surface area contributed by atoms with Crippen molar-refractivity contribution < 1.29 is 0 Å². The summed E-state index contributed by atoms with van der Waals surface area (Å²) in [7, 11) is 0. The van der Waals surface area contributed by atoms with Crippen LogP contribution in [0, 0.1) is 0 Å². The number of fused-ring (bicyclic) bond motifs is 2. The number of rotatable bonds is 2. The molecule has 1 aromatic carbocycles. The summed E-state index contributed by atoms with van der Waals surface area (Å²) in [5, 5.41) is 6.11. The smallest absolute Gasteiger partial charge is 0.119 e. The summed E-state index contributed by atoms with van der Waals surface area (Å²) in [5.41, 5.74) is 6.67. The van der Waals surface area contributed by atoms with Gasteiger partial charge in [-0.15, -0.1) is 0 Å². The van der Waals surface area contributed by atoms with Gasteiger partial charge in [0, 0.05) is 35.6 Å². The molecule has 0 aliphatic carbocycles. The van der Waals surface area contributed by atoms with Gasteiger partial charge in [-0.1, -0.05) is 24.3 Å². The van der Waals surface area contributed by atoms with Gasteiger partial charge in [-0.05, 0) is 49.1 Å². The highest BCUT2D eigenvalue weighted by Crippen LogP contribution is 2.38. The third kappa shape index (κ3) is 2.33. The Hall–Kier alpha value is -3.01. The number of hydrogen-bond donors (Lipinski definition) is 0. The molecule has 0 spiro atoms. The van der Waals surface area contributed by atoms with Gasteiger partial charge in [0.25, 0.3) is 0 Å². The third-order valence-electron chi connectivity index (χ3n) is 4.92. The molecule has 0 saturated carbocycles. The fourth-order valence-corrected chi connectivity index (χ4v) is 3.77. The molecule has 0 radical (unpaired) electrons. The van der Waals surface area contributed by atoms with Crippen molar-refractivity contribution in [3.8, 4) is 22.5 Å². The van der Waals surface area contributed by atoms with Crippen LogP contribution in [0.3, 0.4) is 0 Å². The molecule has 0 N–H and O–H groups in total. The molecular weight excluding hydrogens is 308 g/mol. The van der Waals surface area contributed by atoms with Crippen LogP contribution in [0.1, 0.15) is 18.5 Å². The number of aromatic nitrogens is 4. The van der Waals surface area contributed by atoms with Gasteiger partial charge in [-0.2, -0.15) is 5.10 Å². The van der Waals surface area contributed by atoms with E-state index in [0.29, 0.717) is 0 Å². The van der Waals surface area contributed by atoms with Crippen LogP contribution >= 0.6 is 0 Å². The summed E-state index contributed by atoms with van der Waals surface area (Å²) in [6.07, 6.45) is 7.19. The topological polar surface area (TPSA) is 43.6 Å². The van der Waals surface area contributed by atoms with Crippen LogP contribution in [-0.4, -0.2) is 19.7 Å². The van der Waals surface area contributed by atoms with Crippen molar-refractivity contribution in [3.05, 3.63) is 66.6 Å². The highest BCUT2D eigenvalue weighted by atomic mass is 15.3. The summed E-state index contributed by atoms with van der Waals surface area (Å²) in [6, 6.07) is 16.4. The maximum Gasteiger partial charge on any atom is 0.119 e. The van der Waals surface area contributed by atoms with Gasteiger partial charge in [-0.25, -0.2) is 0 Å². The molecular formula is C21H18N4. The summed E-state index contributed by atoms with van der Waals surface area (Å²) in [5.74, 6) is 0. The van der Waals surface area contributed by atoms with E-state index in [1.54, 1.807) is 0 Å². The van der Waals surface area contributed by atoms with E-state index in [2.05, 4.69) is 38.9 Å². The van der Waals surface area contributed by atoms with Gasteiger partial charge in [0.1, 0.15) is 5.69 Å². The first-order valence-electron chi connectivity index (χ1n) is 8.77. The lowest BCUT2D eigenvalue weighted by molar-refractivity contribution is 0.487. The van der Waals surface area contributed by atoms with Gasteiger partial charge in [0.05, 0.1) is 11.2 Å². The number of hydrogen-bond acceptors (Lipinski definition) is 3. The number of para-hydroxylation sites is 1. The third-order valence-corrected chi connectivity index (χ3v) is 4.92. The van der Waals surface area contributed by atoms with E-state index in [9.17, 15) is 0 Å². The maximum absolute atomic E-state index is 4.94. The van der Waals surface area contributed by atoms with E-state index < -0.39 is 0 Å². The van der Waals surface area contributed by atoms with Crippen LogP contribution < -0.4 is 0 Å². The number of pyridine rings is 2. The van der Waals surface area contributed by atoms with Gasteiger partial charge in [-0.3, -0.25) is 14.6 Å². The molecule has 1 aliphatic heterocycles. The number of nitrogens with zero attached hydrogens (tertiary/aromatic N) is 4. The Kier molecular flexibility index (Phi) is 3.33. The molecule has 4 heteroatoms. The minimum absolute atomic E-state index is 0.931. The Morgan fingerprint density at radius 1 is 0.840 bits per heavy atom. The van der Waals surface area contributed by atoms with Crippen molar-refractivity contribution in [1.82, 2.24) is 19.7 Å². The lowest BCUT2D eigenvalue weighted by atomic mass is 9.95. The van der Waals surface area contributed by atoms with E-state index in [-0.39, 0.29) is 0 Å². The van der Waals surface area contributed by atoms with E-state index in [1.165, 1.54) is 35.0 Å². The zero-order chi connectivity index (χ0) is 16.6. The first-order valence-corrected chi connectivity index (χ1v) is 8.77. The molecule has 0 fully saturated rings. The van der Waals surface area contributed by atoms with Crippen molar-refractivity contribution in [2.45, 2.75) is 25.8 Å². The fraction of sp³-hybridized carbons (Fsp3) is 0.190. The van der Waals surface area contributed by atoms with Crippen molar-refractivity contribution in [3.63, 3.8) is 0 Å². The van der Waals surface area contributed by atoms with Crippen LogP contribution in [0.15, 0.2) is 60.9 Å². The molecule has 0 atom stereocenters. The molecule has 4 aromatic rings. The maximum atomic E-state index is 4.94. The largest absolute Gasteiger partial charge is 0.268 e. The fourth-order valence-electron chi connectivity index (χ4n) is 3.77. The molecule has 4 nitrogen and oxygen atoms in total. The lowest BCUT2D eigenvalue weighted by Gasteiger charge is -2.15. The van der Waals surface area contributed by atoms with Crippen molar-refractivity contribution in [2.75, 3.05) is 0 Å². The van der Waals surface area contributed by atoms with E-state index in [4.69, 9.17) is 5.10 Å². The Bertz CT molecular complexity index is 1040. The van der Waals surface area contributed by atoms with Gasteiger partial charge < -0.3 is 0 Å². The van der Waals surface area contributed by atoms with E-state index in [0.717, 1.165) is 29.9 Å². The van der Waals surface area contributed by atoms with Crippen molar-refractivity contribution in [1.29, 1.82) is 0 Å². The molecule has 0 amide bonds. The zero-order valence-corrected chi connectivity index (χ0v) is 13.9. The molecule has 122 valence electrons. The molecule has 0 bridgehead atoms. The summed E-state index contributed by atoms with van der Waals surface area (Å²) in [6.45, 7) is 0.984. The highest BCUT2D eigenvalue weighted by molar-refractivity contribution is 5.98. The SMILES string of the molecule is c1ccc(-c2nn3c(c2-c2ccnc4ccccc24)CCCC3)nc1. The first kappa shape index (κ1) is 14.3. The number of aryl methyl sites for hydroxylation is 1. The second-order valence-electron chi connectivity index (χ2n) is 6.44. The quantitative estimate of drug-likeness (QED) is 0.545. The summed E-state index contributed by atoms with van der Waals surface area (Å²) >= 11 is 0. The Labute approximate surface area is 146 Å². The van der Waals surface area contributed by atoms with Gasteiger partial charge in [0.15, 0.2) is 0 Å². The lowest BCUT2D eigenvalue weighted by Crippen LogP contribution is -2.11. The van der Waals surface area contributed by atoms with Crippen LogP contribution in [0.5, 0.6) is 0 Å². The Morgan fingerprint density at radius 3 is 2.68 bits per heavy atom. The minimum atomic E-state index is 0.931. The minimum Gasteiger partial charge on any atom is -0.268 e. The predicted octanol–water partition coefficient (Wildman–Crippen LogP) is 4.50. The van der Waals surface area contributed by atoms with Crippen molar-refractivity contribution in [2.24, 2.45) is 0 Å². The van der Waals surface area contributed by atoms with E-state index >= 15 is 0 Å². The van der Waals surface area contributed by atoms with Crippen LogP contribution in [-0.2, 0) is 13.0 Å². The average molecular weight is 326 g/mol. The predicted molar refractivity (Wildman–Crippen MR) is 99.1 cm³/mol. The van der Waals surface area contributed by atoms with Gasteiger partial charge in [0.2, 0.25) is 0 Å². The first-order chi connectivity index (χ1) is 12.4. The molecule has 0 unspecified atom stereocenters. The molecule has 3 aromatic heterocycles. The summed E-state index contributed by atoms with van der Waals surface area (Å²) in [4.78, 5) is 9.09. The Balaban J connectivity index is 1.84. The molecule has 5 rings (SSSR count). The second-order valence-corrected chi connectivity index (χ2v) is 6.44. The average Bonchev–Trinajstić information content (AvgIpc) is 3.08. The Morgan fingerprint density at radius 2 is 1.76 bits per heavy atom. The summed E-state index contributed by atoms with van der Waals surface area (Å²) < 4.78 is 2.18. The highest BCUT2D eigenvalue weighted by Gasteiger charge is 2.24. The van der Waals surface area contributed by atoms with Gasteiger partial charge >= 0.3 is 0 Å².